The first kappa shape index (κ1) is 20.3. The fraction of sp³-hybridized carbons (Fsp3) is 0.348. The van der Waals surface area contributed by atoms with Crippen molar-refractivity contribution in [1.82, 2.24) is 4.90 Å². The van der Waals surface area contributed by atoms with Crippen LogP contribution in [0.1, 0.15) is 24.0 Å². The lowest BCUT2D eigenvalue weighted by Crippen LogP contribution is -2.54. The molecule has 1 N–H and O–H groups in total. The standard InChI is InChI=1S/C23H19ClN4O5/c1-11-9-13(28(32)33)5-7-16(11)27-20(29)18-17-3-2-8-26(17)23(19(18)21(27)30)14-10-12(24)4-6-15(14)25-22(23)31/h4-7,9-10,17-19H,2-3,8H2,1H3,(H,25,31)/t17-,18+,19+,23-/m1/s1. The van der Waals surface area contributed by atoms with E-state index in [1.54, 1.807) is 25.1 Å². The summed E-state index contributed by atoms with van der Waals surface area (Å²) < 4.78 is 0. The number of nitrogens with zero attached hydrogens (tertiary/aromatic N) is 3. The van der Waals surface area contributed by atoms with Gasteiger partial charge in [-0.1, -0.05) is 11.6 Å². The monoisotopic (exact) mass is 466 g/mol. The maximum atomic E-state index is 13.9. The third-order valence-corrected chi connectivity index (χ3v) is 7.82. The second-order valence-electron chi connectivity index (χ2n) is 9.06. The molecule has 3 amide bonds. The van der Waals surface area contributed by atoms with Crippen molar-refractivity contribution in [2.45, 2.75) is 31.3 Å². The van der Waals surface area contributed by atoms with E-state index < -0.39 is 28.2 Å². The number of anilines is 2. The van der Waals surface area contributed by atoms with Gasteiger partial charge in [0, 0.05) is 34.4 Å². The van der Waals surface area contributed by atoms with E-state index in [1.165, 1.54) is 18.2 Å². The van der Waals surface area contributed by atoms with E-state index in [9.17, 15) is 24.5 Å². The molecule has 2 aromatic carbocycles. The minimum atomic E-state index is -1.30. The van der Waals surface area contributed by atoms with Crippen LogP contribution in [0, 0.1) is 28.9 Å². The Morgan fingerprint density at radius 2 is 1.94 bits per heavy atom. The van der Waals surface area contributed by atoms with Crippen LogP contribution in [0.25, 0.3) is 0 Å². The summed E-state index contributed by atoms with van der Waals surface area (Å²) in [5.41, 5.74) is 0.566. The number of benzene rings is 2. The highest BCUT2D eigenvalue weighted by molar-refractivity contribution is 6.31. The van der Waals surface area contributed by atoms with Gasteiger partial charge in [0.25, 0.3) is 5.69 Å². The van der Waals surface area contributed by atoms with E-state index in [0.29, 0.717) is 40.5 Å². The Morgan fingerprint density at radius 1 is 1.15 bits per heavy atom. The van der Waals surface area contributed by atoms with Gasteiger partial charge in [-0.25, -0.2) is 4.90 Å². The van der Waals surface area contributed by atoms with Crippen molar-refractivity contribution in [1.29, 1.82) is 0 Å². The molecule has 6 rings (SSSR count). The average Bonchev–Trinajstić information content (AvgIpc) is 3.47. The molecule has 4 heterocycles. The van der Waals surface area contributed by atoms with Gasteiger partial charge in [-0.2, -0.15) is 0 Å². The molecule has 1 spiro atoms. The van der Waals surface area contributed by atoms with E-state index in [2.05, 4.69) is 5.32 Å². The summed E-state index contributed by atoms with van der Waals surface area (Å²) in [5.74, 6) is -2.71. The number of nitrogens with one attached hydrogen (secondary N) is 1. The number of carbonyl (C=O) groups is 3. The fourth-order valence-electron chi connectivity index (χ4n) is 6.42. The topological polar surface area (TPSA) is 113 Å². The van der Waals surface area contributed by atoms with Crippen molar-refractivity contribution < 1.29 is 19.3 Å². The lowest BCUT2D eigenvalue weighted by Gasteiger charge is -2.36. The Morgan fingerprint density at radius 3 is 2.67 bits per heavy atom. The molecule has 3 saturated heterocycles. The number of amides is 3. The van der Waals surface area contributed by atoms with Crippen LogP contribution in [-0.4, -0.2) is 40.1 Å². The third kappa shape index (κ3) is 2.38. The number of rotatable bonds is 2. The zero-order valence-corrected chi connectivity index (χ0v) is 18.3. The van der Waals surface area contributed by atoms with Gasteiger partial charge in [0.1, 0.15) is 5.54 Å². The molecular weight excluding hydrogens is 448 g/mol. The first-order valence-corrected chi connectivity index (χ1v) is 11.2. The molecule has 0 aromatic heterocycles. The van der Waals surface area contributed by atoms with Gasteiger partial charge in [0.05, 0.1) is 22.4 Å². The lowest BCUT2D eigenvalue weighted by molar-refractivity contribution is -0.384. The highest BCUT2D eigenvalue weighted by Gasteiger charge is 2.74. The van der Waals surface area contributed by atoms with Gasteiger partial charge in [-0.3, -0.25) is 29.4 Å². The first-order chi connectivity index (χ1) is 15.8. The van der Waals surface area contributed by atoms with Crippen LogP contribution in [0.5, 0.6) is 0 Å². The van der Waals surface area contributed by atoms with Crippen LogP contribution in [-0.2, 0) is 19.9 Å². The number of imide groups is 1. The number of non-ortho nitro benzene ring substituents is 1. The van der Waals surface area contributed by atoms with Crippen molar-refractivity contribution in [3.8, 4) is 0 Å². The van der Waals surface area contributed by atoms with Crippen molar-refractivity contribution in [3.05, 3.63) is 62.7 Å². The number of nitro benzene ring substituents is 1. The van der Waals surface area contributed by atoms with Crippen LogP contribution in [0.15, 0.2) is 36.4 Å². The van der Waals surface area contributed by atoms with E-state index in [-0.39, 0.29) is 23.5 Å². The highest BCUT2D eigenvalue weighted by Crippen LogP contribution is 2.61. The molecular formula is C23H19ClN4O5. The fourth-order valence-corrected chi connectivity index (χ4v) is 6.59. The molecule has 0 radical (unpaired) electrons. The second-order valence-corrected chi connectivity index (χ2v) is 9.49. The molecule has 4 atom stereocenters. The Bertz CT molecular complexity index is 1300. The van der Waals surface area contributed by atoms with Crippen molar-refractivity contribution in [3.63, 3.8) is 0 Å². The quantitative estimate of drug-likeness (QED) is 0.413. The summed E-state index contributed by atoms with van der Waals surface area (Å²) >= 11 is 6.29. The van der Waals surface area contributed by atoms with E-state index in [1.807, 2.05) is 4.90 Å². The number of nitro groups is 1. The third-order valence-electron chi connectivity index (χ3n) is 7.59. The normalized spacial score (nSPS) is 30.1. The van der Waals surface area contributed by atoms with Crippen LogP contribution in [0.3, 0.4) is 0 Å². The van der Waals surface area contributed by atoms with Gasteiger partial charge in [0.2, 0.25) is 17.7 Å². The largest absolute Gasteiger partial charge is 0.324 e. The Kier molecular flexibility index (Phi) is 4.07. The zero-order chi connectivity index (χ0) is 23.2. The maximum absolute atomic E-state index is 13.9. The van der Waals surface area contributed by atoms with Crippen molar-refractivity contribution in [2.75, 3.05) is 16.8 Å². The summed E-state index contributed by atoms with van der Waals surface area (Å²) in [6, 6.07) is 8.94. The van der Waals surface area contributed by atoms with Crippen molar-refractivity contribution >= 4 is 46.4 Å². The summed E-state index contributed by atoms with van der Waals surface area (Å²) in [5, 5.41) is 14.5. The molecule has 4 aliphatic heterocycles. The van der Waals surface area contributed by atoms with Crippen LogP contribution in [0.2, 0.25) is 5.02 Å². The number of aryl methyl sites for hydroxylation is 1. The number of hydrogen-bond donors (Lipinski definition) is 1. The molecule has 0 unspecified atom stereocenters. The molecule has 10 heteroatoms. The molecule has 3 fully saturated rings. The summed E-state index contributed by atoms with van der Waals surface area (Å²) in [6.07, 6.45) is 1.52. The van der Waals surface area contributed by atoms with Crippen molar-refractivity contribution in [2.24, 2.45) is 11.8 Å². The number of fused-ring (bicyclic) bond motifs is 7. The van der Waals surface area contributed by atoms with Gasteiger partial charge < -0.3 is 5.32 Å². The lowest BCUT2D eigenvalue weighted by atomic mass is 9.75. The molecule has 0 aliphatic carbocycles. The Balaban J connectivity index is 1.53. The molecule has 2 aromatic rings. The molecule has 33 heavy (non-hydrogen) atoms. The van der Waals surface area contributed by atoms with E-state index in [4.69, 9.17) is 11.6 Å². The minimum Gasteiger partial charge on any atom is -0.324 e. The smallest absolute Gasteiger partial charge is 0.269 e. The molecule has 4 aliphatic rings. The number of halogens is 1. The summed E-state index contributed by atoms with van der Waals surface area (Å²) in [6.45, 7) is 2.24. The van der Waals surface area contributed by atoms with Gasteiger partial charge in [-0.05, 0) is 56.1 Å². The molecule has 9 nitrogen and oxygen atoms in total. The number of carbonyl (C=O) groups excluding carboxylic acids is 3. The minimum absolute atomic E-state index is 0.118. The Hall–Kier alpha value is -3.30. The van der Waals surface area contributed by atoms with Gasteiger partial charge in [-0.15, -0.1) is 0 Å². The average molecular weight is 467 g/mol. The molecule has 168 valence electrons. The van der Waals surface area contributed by atoms with Gasteiger partial charge >= 0.3 is 0 Å². The van der Waals surface area contributed by atoms with Crippen LogP contribution in [0.4, 0.5) is 17.1 Å². The molecule has 0 bridgehead atoms. The SMILES string of the molecule is Cc1cc([N+](=O)[O-])ccc1N1C(=O)[C@H]2[C@H]3CCCN3[C@@]3(C(=O)Nc4ccc(Cl)cc43)[C@@H]2C1=O. The van der Waals surface area contributed by atoms with E-state index in [0.717, 1.165) is 11.3 Å². The van der Waals surface area contributed by atoms with Crippen LogP contribution >= 0.6 is 11.6 Å². The van der Waals surface area contributed by atoms with Gasteiger partial charge in [0.15, 0.2) is 0 Å². The maximum Gasteiger partial charge on any atom is 0.269 e. The predicted octanol–water partition coefficient (Wildman–Crippen LogP) is 2.99. The second kappa shape index (κ2) is 6.61. The van der Waals surface area contributed by atoms with Crippen LogP contribution < -0.4 is 10.2 Å². The summed E-state index contributed by atoms with van der Waals surface area (Å²) in [7, 11) is 0. The number of hydrogen-bond acceptors (Lipinski definition) is 6. The summed E-state index contributed by atoms with van der Waals surface area (Å²) in [4.78, 5) is 55.0. The van der Waals surface area contributed by atoms with E-state index >= 15 is 0 Å². The Labute approximate surface area is 193 Å². The highest BCUT2D eigenvalue weighted by atomic mass is 35.5. The first-order valence-electron chi connectivity index (χ1n) is 10.8. The zero-order valence-electron chi connectivity index (χ0n) is 17.6. The molecule has 0 saturated carbocycles. The predicted molar refractivity (Wildman–Crippen MR) is 119 cm³/mol.